The summed E-state index contributed by atoms with van der Waals surface area (Å²) in [6.45, 7) is 4.31. The largest absolute Gasteiger partial charge is 0.328 e. The Hall–Kier alpha value is -0.700. The summed E-state index contributed by atoms with van der Waals surface area (Å²) in [6, 6.07) is 0.288. The zero-order valence-corrected chi connectivity index (χ0v) is 13.3. The van der Waals surface area contributed by atoms with Gasteiger partial charge in [0.2, 0.25) is 16.2 Å². The number of hydrogen-bond donors (Lipinski definition) is 2. The van der Waals surface area contributed by atoms with Crippen LogP contribution in [0.25, 0.3) is 0 Å². The molecule has 1 saturated heterocycles. The van der Waals surface area contributed by atoms with E-state index >= 15 is 0 Å². The van der Waals surface area contributed by atoms with E-state index < -0.39 is 0 Å². The van der Waals surface area contributed by atoms with Gasteiger partial charge in [-0.25, -0.2) is 0 Å². The zero-order valence-electron chi connectivity index (χ0n) is 11.7. The van der Waals surface area contributed by atoms with E-state index in [0.29, 0.717) is 11.7 Å². The molecule has 1 amide bonds. The molecule has 0 aliphatic carbocycles. The Morgan fingerprint density at radius 3 is 3.00 bits per heavy atom. The number of anilines is 1. The van der Waals surface area contributed by atoms with Crippen LogP contribution in [0.15, 0.2) is 5.16 Å². The highest BCUT2D eigenvalue weighted by molar-refractivity contribution is 7.99. The number of amides is 1. The highest BCUT2D eigenvalue weighted by atomic mass is 32.2. The summed E-state index contributed by atoms with van der Waals surface area (Å²) in [4.78, 5) is 18.4. The van der Waals surface area contributed by atoms with Gasteiger partial charge in [-0.05, 0) is 19.3 Å². The van der Waals surface area contributed by atoms with Crippen LogP contribution in [0, 0.1) is 0 Å². The minimum atomic E-state index is -0.0244. The summed E-state index contributed by atoms with van der Waals surface area (Å²) in [5, 5.41) is 4.15. The van der Waals surface area contributed by atoms with Gasteiger partial charge >= 0.3 is 0 Å². The number of carbonyl (C=O) groups is 1. The van der Waals surface area contributed by atoms with Gasteiger partial charge in [0.25, 0.3) is 0 Å². The molecule has 3 N–H and O–H groups in total. The van der Waals surface area contributed by atoms with Crippen molar-refractivity contribution >= 4 is 34.3 Å². The van der Waals surface area contributed by atoms with Gasteiger partial charge in [-0.3, -0.25) is 15.0 Å². The molecule has 0 spiro atoms. The highest BCUT2D eigenvalue weighted by Gasteiger charge is 2.18. The van der Waals surface area contributed by atoms with Crippen molar-refractivity contribution in [3.8, 4) is 0 Å². The van der Waals surface area contributed by atoms with E-state index in [-0.39, 0.29) is 11.9 Å². The minimum Gasteiger partial charge on any atom is -0.328 e. The maximum atomic E-state index is 11.9. The van der Waals surface area contributed by atoms with Crippen LogP contribution in [0.3, 0.4) is 0 Å². The molecule has 1 aromatic heterocycles. The molecule has 0 atom stereocenters. The second-order valence-corrected chi connectivity index (χ2v) is 6.71. The lowest BCUT2D eigenvalue weighted by atomic mass is 10.1. The Kier molecular flexibility index (Phi) is 6.21. The fraction of sp³-hybridized carbons (Fsp3) is 0.750. The summed E-state index contributed by atoms with van der Waals surface area (Å²) >= 11 is 2.86. The van der Waals surface area contributed by atoms with Crippen molar-refractivity contribution in [2.75, 3.05) is 30.7 Å². The second-order valence-electron chi connectivity index (χ2n) is 4.89. The molecule has 2 rings (SSSR count). The first-order valence-electron chi connectivity index (χ1n) is 6.91. The topological polar surface area (TPSA) is 84.1 Å². The van der Waals surface area contributed by atoms with Crippen molar-refractivity contribution in [2.24, 2.45) is 5.73 Å². The van der Waals surface area contributed by atoms with Gasteiger partial charge in [0.15, 0.2) is 0 Å². The zero-order chi connectivity index (χ0) is 14.4. The quantitative estimate of drug-likeness (QED) is 0.772. The Morgan fingerprint density at radius 2 is 2.30 bits per heavy atom. The van der Waals surface area contributed by atoms with E-state index in [0.717, 1.165) is 43.3 Å². The first-order valence-corrected chi connectivity index (χ1v) is 8.67. The van der Waals surface area contributed by atoms with Crippen LogP contribution >= 0.6 is 23.3 Å². The van der Waals surface area contributed by atoms with Crippen molar-refractivity contribution in [1.29, 1.82) is 0 Å². The van der Waals surface area contributed by atoms with E-state index in [1.165, 1.54) is 11.5 Å². The number of nitrogens with one attached hydrogen (secondary N) is 1. The lowest BCUT2D eigenvalue weighted by Gasteiger charge is -2.29. The van der Waals surface area contributed by atoms with Gasteiger partial charge in [-0.15, -0.1) is 0 Å². The number of likely N-dealkylation sites (tertiary alicyclic amines) is 1. The average Bonchev–Trinajstić information content (AvgIpc) is 2.86. The third-order valence-corrected chi connectivity index (χ3v) is 4.89. The van der Waals surface area contributed by atoms with Crippen LogP contribution < -0.4 is 11.1 Å². The molecule has 0 aromatic carbocycles. The third kappa shape index (κ3) is 5.01. The average molecular weight is 315 g/mol. The van der Waals surface area contributed by atoms with Crippen LogP contribution in [0.4, 0.5) is 5.13 Å². The molecule has 0 bridgehead atoms. The van der Waals surface area contributed by atoms with Crippen LogP contribution in [-0.4, -0.2) is 51.6 Å². The molecular weight excluding hydrogens is 294 g/mol. The van der Waals surface area contributed by atoms with Crippen molar-refractivity contribution in [1.82, 2.24) is 14.3 Å². The Labute approximate surface area is 127 Å². The first kappa shape index (κ1) is 15.7. The van der Waals surface area contributed by atoms with Crippen molar-refractivity contribution in [3.05, 3.63) is 0 Å². The summed E-state index contributed by atoms with van der Waals surface area (Å²) in [5.74, 6) is 0.974. The molecule has 2 heterocycles. The summed E-state index contributed by atoms with van der Waals surface area (Å²) in [7, 11) is 0. The van der Waals surface area contributed by atoms with Crippen molar-refractivity contribution in [3.63, 3.8) is 0 Å². The summed E-state index contributed by atoms with van der Waals surface area (Å²) < 4.78 is 4.21. The molecular formula is C12H21N5OS2. The highest BCUT2D eigenvalue weighted by Crippen LogP contribution is 2.20. The maximum absolute atomic E-state index is 11.9. The van der Waals surface area contributed by atoms with E-state index in [2.05, 4.69) is 26.5 Å². The molecule has 1 aliphatic rings. The molecule has 6 nitrogen and oxygen atoms in total. The van der Waals surface area contributed by atoms with E-state index in [1.807, 2.05) is 0 Å². The number of thioether (sulfide) groups is 1. The minimum absolute atomic E-state index is 0.0244. The number of nitrogens with zero attached hydrogens (tertiary/aromatic N) is 3. The molecule has 1 aliphatic heterocycles. The number of rotatable bonds is 6. The molecule has 8 heteroatoms. The van der Waals surface area contributed by atoms with Crippen molar-refractivity contribution in [2.45, 2.75) is 37.4 Å². The second kappa shape index (κ2) is 7.92. The van der Waals surface area contributed by atoms with Crippen LogP contribution in [0.2, 0.25) is 0 Å². The molecule has 112 valence electrons. The monoisotopic (exact) mass is 315 g/mol. The molecule has 0 unspecified atom stereocenters. The lowest BCUT2D eigenvalue weighted by Crippen LogP contribution is -2.43. The van der Waals surface area contributed by atoms with E-state index in [4.69, 9.17) is 5.73 Å². The van der Waals surface area contributed by atoms with Gasteiger partial charge in [0.1, 0.15) is 0 Å². The molecule has 0 saturated carbocycles. The van der Waals surface area contributed by atoms with Gasteiger partial charge in [-0.1, -0.05) is 18.7 Å². The molecule has 1 fully saturated rings. The predicted molar refractivity (Wildman–Crippen MR) is 83.2 cm³/mol. The Morgan fingerprint density at radius 1 is 1.55 bits per heavy atom. The van der Waals surface area contributed by atoms with Crippen molar-refractivity contribution < 1.29 is 4.79 Å². The Bertz CT molecular complexity index is 431. The van der Waals surface area contributed by atoms with E-state index in [9.17, 15) is 4.79 Å². The molecule has 1 aromatic rings. The van der Waals surface area contributed by atoms with Gasteiger partial charge in [0.05, 0.1) is 6.54 Å². The Balaban J connectivity index is 1.75. The van der Waals surface area contributed by atoms with Gasteiger partial charge in [0, 0.05) is 36.4 Å². The summed E-state index contributed by atoms with van der Waals surface area (Å²) in [6.07, 6.45) is 3.01. The number of aromatic nitrogens is 2. The lowest BCUT2D eigenvalue weighted by molar-refractivity contribution is -0.117. The normalized spacial score (nSPS) is 17.3. The number of nitrogens with two attached hydrogens (primary N) is 1. The molecule has 20 heavy (non-hydrogen) atoms. The fourth-order valence-corrected chi connectivity index (χ4v) is 3.40. The maximum Gasteiger partial charge on any atom is 0.240 e. The third-order valence-electron chi connectivity index (χ3n) is 3.09. The predicted octanol–water partition coefficient (Wildman–Crippen LogP) is 1.40. The first-order chi connectivity index (χ1) is 9.67. The van der Waals surface area contributed by atoms with Gasteiger partial charge < -0.3 is 5.73 Å². The van der Waals surface area contributed by atoms with Crippen LogP contribution in [0.1, 0.15) is 26.2 Å². The number of hydrogen-bond acceptors (Lipinski definition) is 7. The molecule has 0 radical (unpaired) electrons. The smallest absolute Gasteiger partial charge is 0.240 e. The number of carbonyl (C=O) groups excluding carboxylic acids is 1. The van der Waals surface area contributed by atoms with Crippen LogP contribution in [-0.2, 0) is 4.79 Å². The fourth-order valence-electron chi connectivity index (χ4n) is 1.99. The van der Waals surface area contributed by atoms with E-state index in [1.54, 1.807) is 11.8 Å². The van der Waals surface area contributed by atoms with Crippen LogP contribution in [0.5, 0.6) is 0 Å². The SMILES string of the molecule is CCCSc1nsc(NC(=O)CN2CCC(N)CC2)n1. The number of piperidine rings is 1. The summed E-state index contributed by atoms with van der Waals surface area (Å²) in [5.41, 5.74) is 5.85. The standard InChI is InChI=1S/C12H21N5OS2/c1-2-7-19-12-15-11(20-16-12)14-10(18)8-17-5-3-9(13)4-6-17/h9H,2-8,13H2,1H3,(H,14,15,16,18). The van der Waals surface area contributed by atoms with Gasteiger partial charge in [-0.2, -0.15) is 9.36 Å².